The maximum Gasteiger partial charge on any atom is 0.136 e. The molecule has 106 valence electrons. The lowest BCUT2D eigenvalue weighted by Gasteiger charge is -2.35. The van der Waals surface area contributed by atoms with Gasteiger partial charge in [0.25, 0.3) is 0 Å². The molecule has 1 N–H and O–H groups in total. The monoisotopic (exact) mass is 270 g/mol. The molecule has 1 aliphatic rings. The Kier molecular flexibility index (Phi) is 4.16. The van der Waals surface area contributed by atoms with Gasteiger partial charge in [0.05, 0.1) is 6.61 Å². The Morgan fingerprint density at radius 1 is 1.10 bits per heavy atom. The van der Waals surface area contributed by atoms with Crippen LogP contribution in [-0.4, -0.2) is 29.3 Å². The molecule has 0 unspecified atom stereocenters. The lowest BCUT2D eigenvalue weighted by molar-refractivity contribution is 0.289. The van der Waals surface area contributed by atoms with E-state index in [4.69, 9.17) is 0 Å². The molecule has 0 amide bonds. The van der Waals surface area contributed by atoms with Crippen molar-refractivity contribution in [3.63, 3.8) is 0 Å². The van der Waals surface area contributed by atoms with E-state index in [0.29, 0.717) is 12.6 Å². The Balaban J connectivity index is 2.00. The molecule has 0 spiro atoms. The molecule has 3 heteroatoms. The number of anilines is 1. The van der Waals surface area contributed by atoms with Crippen molar-refractivity contribution in [1.82, 2.24) is 4.98 Å². The predicted octanol–water partition coefficient (Wildman–Crippen LogP) is 3.37. The zero-order chi connectivity index (χ0) is 13.8. The number of aromatic nitrogens is 1. The highest BCUT2D eigenvalue weighted by Crippen LogP contribution is 2.30. The van der Waals surface area contributed by atoms with Gasteiger partial charge in [-0.3, -0.25) is 0 Å². The van der Waals surface area contributed by atoms with Crippen LogP contribution >= 0.6 is 0 Å². The van der Waals surface area contributed by atoms with Gasteiger partial charge in [-0.2, -0.15) is 0 Å². The summed E-state index contributed by atoms with van der Waals surface area (Å²) in [5.41, 5.74) is 0. The van der Waals surface area contributed by atoms with Gasteiger partial charge in [0.15, 0.2) is 0 Å². The van der Waals surface area contributed by atoms with Crippen molar-refractivity contribution in [3.8, 4) is 0 Å². The Labute approximate surface area is 120 Å². The molecule has 1 fully saturated rings. The number of aliphatic hydroxyl groups excluding tert-OH is 1. The summed E-state index contributed by atoms with van der Waals surface area (Å²) in [6, 6.07) is 10.9. The van der Waals surface area contributed by atoms with Gasteiger partial charge in [0.1, 0.15) is 5.82 Å². The van der Waals surface area contributed by atoms with Crippen LogP contribution in [0.15, 0.2) is 36.5 Å². The summed E-state index contributed by atoms with van der Waals surface area (Å²) >= 11 is 0. The molecule has 0 atom stereocenters. The van der Waals surface area contributed by atoms with E-state index in [2.05, 4.69) is 40.2 Å². The molecule has 0 radical (unpaired) electrons. The zero-order valence-electron chi connectivity index (χ0n) is 11.8. The van der Waals surface area contributed by atoms with Crippen molar-refractivity contribution < 1.29 is 5.11 Å². The lowest BCUT2D eigenvalue weighted by Crippen LogP contribution is -2.39. The Morgan fingerprint density at radius 2 is 1.90 bits per heavy atom. The van der Waals surface area contributed by atoms with Crippen LogP contribution in [0.25, 0.3) is 10.8 Å². The summed E-state index contributed by atoms with van der Waals surface area (Å²) in [6.07, 6.45) is 8.22. The molecule has 1 aromatic heterocycles. The number of aliphatic hydroxyl groups is 1. The van der Waals surface area contributed by atoms with Crippen molar-refractivity contribution in [1.29, 1.82) is 0 Å². The Bertz CT molecular complexity index is 558. The summed E-state index contributed by atoms with van der Waals surface area (Å²) in [7, 11) is 0. The van der Waals surface area contributed by atoms with E-state index in [1.165, 1.54) is 42.9 Å². The van der Waals surface area contributed by atoms with E-state index in [1.807, 2.05) is 6.20 Å². The number of nitrogens with zero attached hydrogens (tertiary/aromatic N) is 2. The summed E-state index contributed by atoms with van der Waals surface area (Å²) in [5.74, 6) is 1.03. The standard InChI is InChI=1S/C17H22N2O/c20-13-12-19(15-7-2-1-3-8-15)17-16-9-5-4-6-14(16)10-11-18-17/h4-6,9-11,15,20H,1-3,7-8,12-13H2. The van der Waals surface area contributed by atoms with Crippen LogP contribution in [0.4, 0.5) is 5.82 Å². The number of rotatable bonds is 4. The van der Waals surface area contributed by atoms with Gasteiger partial charge in [-0.05, 0) is 24.3 Å². The fourth-order valence-corrected chi connectivity index (χ4v) is 3.29. The molecule has 1 saturated carbocycles. The first kappa shape index (κ1) is 13.4. The van der Waals surface area contributed by atoms with Crippen molar-refractivity contribution in [2.24, 2.45) is 0 Å². The number of hydrogen-bond donors (Lipinski definition) is 1. The fraction of sp³-hybridized carbons (Fsp3) is 0.471. The first-order chi connectivity index (χ1) is 9.90. The van der Waals surface area contributed by atoms with Crippen molar-refractivity contribution in [2.75, 3.05) is 18.1 Å². The molecule has 0 bridgehead atoms. The van der Waals surface area contributed by atoms with Crippen LogP contribution in [0.2, 0.25) is 0 Å². The highest BCUT2D eigenvalue weighted by molar-refractivity contribution is 5.92. The summed E-state index contributed by atoms with van der Waals surface area (Å²) in [4.78, 5) is 6.94. The van der Waals surface area contributed by atoms with Gasteiger partial charge in [0.2, 0.25) is 0 Å². The number of benzene rings is 1. The second kappa shape index (κ2) is 6.23. The summed E-state index contributed by atoms with van der Waals surface area (Å²) in [5, 5.41) is 11.8. The molecule has 1 aromatic carbocycles. The van der Waals surface area contributed by atoms with Crippen LogP contribution in [-0.2, 0) is 0 Å². The minimum absolute atomic E-state index is 0.182. The third-order valence-corrected chi connectivity index (χ3v) is 4.28. The molecule has 3 rings (SSSR count). The highest BCUT2D eigenvalue weighted by atomic mass is 16.3. The number of fused-ring (bicyclic) bond motifs is 1. The number of hydrogen-bond acceptors (Lipinski definition) is 3. The normalized spacial score (nSPS) is 16.4. The molecule has 1 heterocycles. The maximum atomic E-state index is 9.43. The van der Waals surface area contributed by atoms with Crippen molar-refractivity contribution >= 4 is 16.6 Å². The van der Waals surface area contributed by atoms with Crippen LogP contribution in [0, 0.1) is 0 Å². The summed E-state index contributed by atoms with van der Waals surface area (Å²) < 4.78 is 0. The smallest absolute Gasteiger partial charge is 0.136 e. The van der Waals surface area contributed by atoms with Crippen molar-refractivity contribution in [2.45, 2.75) is 38.1 Å². The summed E-state index contributed by atoms with van der Waals surface area (Å²) in [6.45, 7) is 0.854. The van der Waals surface area contributed by atoms with E-state index in [0.717, 1.165) is 5.82 Å². The van der Waals surface area contributed by atoms with Gasteiger partial charge >= 0.3 is 0 Å². The lowest BCUT2D eigenvalue weighted by atomic mass is 9.94. The van der Waals surface area contributed by atoms with Gasteiger partial charge in [-0.1, -0.05) is 43.5 Å². The van der Waals surface area contributed by atoms with Gasteiger partial charge in [0, 0.05) is 24.2 Å². The third-order valence-electron chi connectivity index (χ3n) is 4.28. The van der Waals surface area contributed by atoms with Crippen LogP contribution < -0.4 is 4.90 Å². The number of pyridine rings is 1. The van der Waals surface area contributed by atoms with Crippen molar-refractivity contribution in [3.05, 3.63) is 36.5 Å². The fourth-order valence-electron chi connectivity index (χ4n) is 3.29. The topological polar surface area (TPSA) is 36.4 Å². The average molecular weight is 270 g/mol. The van der Waals surface area contributed by atoms with Crippen LogP contribution in [0.1, 0.15) is 32.1 Å². The molecule has 1 aliphatic carbocycles. The second-order valence-electron chi connectivity index (χ2n) is 5.56. The van der Waals surface area contributed by atoms with E-state index in [9.17, 15) is 5.11 Å². The molecular formula is C17H22N2O. The van der Waals surface area contributed by atoms with E-state index >= 15 is 0 Å². The second-order valence-corrected chi connectivity index (χ2v) is 5.56. The molecule has 3 nitrogen and oxygen atoms in total. The molecule has 20 heavy (non-hydrogen) atoms. The Morgan fingerprint density at radius 3 is 2.70 bits per heavy atom. The first-order valence-electron chi connectivity index (χ1n) is 7.61. The van der Waals surface area contributed by atoms with E-state index in [1.54, 1.807) is 0 Å². The van der Waals surface area contributed by atoms with Gasteiger partial charge in [-0.25, -0.2) is 4.98 Å². The SMILES string of the molecule is OCCN(c1nccc2ccccc12)C1CCCCC1. The largest absolute Gasteiger partial charge is 0.395 e. The molecule has 2 aromatic rings. The molecular weight excluding hydrogens is 248 g/mol. The average Bonchev–Trinajstić information content (AvgIpc) is 2.53. The molecule has 0 aliphatic heterocycles. The predicted molar refractivity (Wildman–Crippen MR) is 83.0 cm³/mol. The van der Waals surface area contributed by atoms with Gasteiger partial charge in [-0.15, -0.1) is 0 Å². The van der Waals surface area contributed by atoms with Gasteiger partial charge < -0.3 is 10.0 Å². The first-order valence-corrected chi connectivity index (χ1v) is 7.61. The quantitative estimate of drug-likeness (QED) is 0.925. The maximum absolute atomic E-state index is 9.43. The van der Waals surface area contributed by atoms with E-state index in [-0.39, 0.29) is 6.61 Å². The zero-order valence-corrected chi connectivity index (χ0v) is 11.8. The molecule has 0 saturated heterocycles. The van der Waals surface area contributed by atoms with Crippen LogP contribution in [0.3, 0.4) is 0 Å². The highest BCUT2D eigenvalue weighted by Gasteiger charge is 2.23. The van der Waals surface area contributed by atoms with E-state index < -0.39 is 0 Å². The van der Waals surface area contributed by atoms with Crippen LogP contribution in [0.5, 0.6) is 0 Å². The Hall–Kier alpha value is -1.61. The minimum Gasteiger partial charge on any atom is -0.395 e. The minimum atomic E-state index is 0.182. The third kappa shape index (κ3) is 2.63.